The summed E-state index contributed by atoms with van der Waals surface area (Å²) in [4.78, 5) is 1.36. The number of thiophene rings is 1. The molecule has 0 fully saturated rings. The molecule has 0 aliphatic carbocycles. The second-order valence-electron chi connectivity index (χ2n) is 1.66. The number of nitrogens with two attached hydrogens (primary N) is 1. The molecule has 0 radical (unpaired) electrons. The van der Waals surface area contributed by atoms with Gasteiger partial charge in [-0.25, -0.2) is 0 Å². The van der Waals surface area contributed by atoms with Crippen molar-refractivity contribution in [3.63, 3.8) is 0 Å². The van der Waals surface area contributed by atoms with Crippen LogP contribution in [0.25, 0.3) is 0 Å². The predicted octanol–water partition coefficient (Wildman–Crippen LogP) is 1.89. The lowest BCUT2D eigenvalue weighted by molar-refractivity contribution is 1.19. The number of anilines is 1. The van der Waals surface area contributed by atoms with E-state index in [2.05, 4.69) is 13.0 Å². The average molecular weight is 127 g/mol. The maximum absolute atomic E-state index is 5.47. The lowest BCUT2D eigenvalue weighted by Gasteiger charge is -1.80. The topological polar surface area (TPSA) is 26.0 Å². The number of nitrogen functional groups attached to an aromatic ring is 1. The zero-order chi connectivity index (χ0) is 5.98. The third-order valence-corrected chi connectivity index (χ3v) is 2.09. The molecule has 0 aliphatic heterocycles. The van der Waals surface area contributed by atoms with Gasteiger partial charge in [-0.05, 0) is 18.6 Å². The zero-order valence-electron chi connectivity index (χ0n) is 4.85. The average Bonchev–Trinajstić information content (AvgIpc) is 2.14. The zero-order valence-corrected chi connectivity index (χ0v) is 5.66. The van der Waals surface area contributed by atoms with Gasteiger partial charge < -0.3 is 5.73 Å². The van der Waals surface area contributed by atoms with Crippen molar-refractivity contribution in [2.24, 2.45) is 0 Å². The molecule has 0 unspecified atom stereocenters. The Kier molecular flexibility index (Phi) is 1.53. The molecule has 0 spiro atoms. The van der Waals surface area contributed by atoms with Crippen LogP contribution < -0.4 is 5.73 Å². The van der Waals surface area contributed by atoms with Crippen molar-refractivity contribution in [3.05, 3.63) is 17.0 Å². The van der Waals surface area contributed by atoms with Gasteiger partial charge in [0.2, 0.25) is 0 Å². The summed E-state index contributed by atoms with van der Waals surface area (Å²) >= 11 is 1.67. The highest BCUT2D eigenvalue weighted by atomic mass is 32.1. The molecule has 8 heavy (non-hydrogen) atoms. The maximum atomic E-state index is 5.47. The van der Waals surface area contributed by atoms with Gasteiger partial charge in [-0.15, -0.1) is 11.3 Å². The Morgan fingerprint density at radius 3 is 2.62 bits per heavy atom. The normalized spacial score (nSPS) is 9.62. The van der Waals surface area contributed by atoms with Crippen molar-refractivity contribution in [1.82, 2.24) is 0 Å². The molecular weight excluding hydrogens is 118 g/mol. The predicted molar refractivity (Wildman–Crippen MR) is 38.1 cm³/mol. The quantitative estimate of drug-likeness (QED) is 0.612. The molecular formula is C6H9NS. The van der Waals surface area contributed by atoms with Gasteiger partial charge in [-0.2, -0.15) is 0 Å². The van der Waals surface area contributed by atoms with Crippen LogP contribution >= 0.6 is 11.3 Å². The molecule has 2 N–H and O–H groups in total. The van der Waals surface area contributed by atoms with Gasteiger partial charge in [0.15, 0.2) is 0 Å². The highest BCUT2D eigenvalue weighted by molar-refractivity contribution is 7.15. The first-order valence-electron chi connectivity index (χ1n) is 2.67. The minimum absolute atomic E-state index is 0.918. The summed E-state index contributed by atoms with van der Waals surface area (Å²) in [6.07, 6.45) is 1.10. The van der Waals surface area contributed by atoms with Gasteiger partial charge in [0.1, 0.15) is 0 Å². The van der Waals surface area contributed by atoms with E-state index in [1.165, 1.54) is 4.88 Å². The minimum Gasteiger partial charge on any atom is -0.391 e. The van der Waals surface area contributed by atoms with E-state index in [0.29, 0.717) is 0 Å². The largest absolute Gasteiger partial charge is 0.391 e. The van der Waals surface area contributed by atoms with E-state index in [1.54, 1.807) is 11.3 Å². The summed E-state index contributed by atoms with van der Waals surface area (Å²) in [7, 11) is 0. The molecule has 1 nitrogen and oxygen atoms in total. The van der Waals surface area contributed by atoms with E-state index in [0.717, 1.165) is 11.4 Å². The lowest BCUT2D eigenvalue weighted by Crippen LogP contribution is -1.72. The maximum Gasteiger partial charge on any atom is 0.0859 e. The number of rotatable bonds is 1. The molecule has 0 amide bonds. The Hall–Kier alpha value is -0.500. The highest BCUT2D eigenvalue weighted by Crippen LogP contribution is 2.17. The Bertz CT molecular complexity index is 169. The lowest BCUT2D eigenvalue weighted by atomic mass is 10.4. The van der Waals surface area contributed by atoms with Crippen LogP contribution in [0.4, 0.5) is 5.00 Å². The van der Waals surface area contributed by atoms with Crippen LogP contribution in [0.3, 0.4) is 0 Å². The van der Waals surface area contributed by atoms with E-state index in [-0.39, 0.29) is 0 Å². The molecule has 1 aromatic heterocycles. The molecule has 1 heterocycles. The van der Waals surface area contributed by atoms with Crippen molar-refractivity contribution in [1.29, 1.82) is 0 Å². The smallest absolute Gasteiger partial charge is 0.0859 e. The van der Waals surface area contributed by atoms with Crippen molar-refractivity contribution in [2.45, 2.75) is 13.3 Å². The minimum atomic E-state index is 0.918. The van der Waals surface area contributed by atoms with Gasteiger partial charge >= 0.3 is 0 Å². The van der Waals surface area contributed by atoms with E-state index in [4.69, 9.17) is 5.73 Å². The SMILES string of the molecule is CCc1ccc(N)s1. The van der Waals surface area contributed by atoms with E-state index < -0.39 is 0 Å². The van der Waals surface area contributed by atoms with Crippen LogP contribution in [0.1, 0.15) is 11.8 Å². The van der Waals surface area contributed by atoms with Crippen LogP contribution in [0.2, 0.25) is 0 Å². The fourth-order valence-corrected chi connectivity index (χ4v) is 1.30. The Morgan fingerprint density at radius 1 is 1.62 bits per heavy atom. The van der Waals surface area contributed by atoms with Crippen LogP contribution in [-0.4, -0.2) is 0 Å². The summed E-state index contributed by atoms with van der Waals surface area (Å²) in [5.74, 6) is 0. The van der Waals surface area contributed by atoms with Gasteiger partial charge in [0, 0.05) is 4.88 Å². The van der Waals surface area contributed by atoms with E-state index >= 15 is 0 Å². The molecule has 1 rings (SSSR count). The van der Waals surface area contributed by atoms with Gasteiger partial charge in [-0.1, -0.05) is 6.92 Å². The third-order valence-electron chi connectivity index (χ3n) is 1.03. The molecule has 0 atom stereocenters. The van der Waals surface area contributed by atoms with E-state index in [1.807, 2.05) is 6.07 Å². The standard InChI is InChI=1S/C6H9NS/c1-2-5-3-4-6(7)8-5/h3-4H,2,7H2,1H3. The third kappa shape index (κ3) is 1.01. The molecule has 0 bridgehead atoms. The second-order valence-corrected chi connectivity index (χ2v) is 2.86. The van der Waals surface area contributed by atoms with Crippen molar-refractivity contribution >= 4 is 16.3 Å². The first-order chi connectivity index (χ1) is 3.83. The van der Waals surface area contributed by atoms with Crippen molar-refractivity contribution in [3.8, 4) is 0 Å². The van der Waals surface area contributed by atoms with E-state index in [9.17, 15) is 0 Å². The van der Waals surface area contributed by atoms with Crippen molar-refractivity contribution in [2.75, 3.05) is 5.73 Å². The van der Waals surface area contributed by atoms with Gasteiger partial charge in [0.25, 0.3) is 0 Å². The first-order valence-corrected chi connectivity index (χ1v) is 3.48. The van der Waals surface area contributed by atoms with Gasteiger partial charge in [0.05, 0.1) is 5.00 Å². The first kappa shape index (κ1) is 5.63. The fraction of sp³-hybridized carbons (Fsp3) is 0.333. The Balaban J connectivity index is 2.84. The second kappa shape index (κ2) is 2.18. The number of aryl methyl sites for hydroxylation is 1. The molecule has 2 heteroatoms. The molecule has 0 aliphatic rings. The summed E-state index contributed by atoms with van der Waals surface area (Å²) < 4.78 is 0. The van der Waals surface area contributed by atoms with Crippen LogP contribution in [-0.2, 0) is 6.42 Å². The summed E-state index contributed by atoms with van der Waals surface area (Å²) in [5, 5.41) is 0.918. The highest BCUT2D eigenvalue weighted by Gasteiger charge is 1.90. The fourth-order valence-electron chi connectivity index (χ4n) is 0.585. The Labute approximate surface area is 53.1 Å². The molecule has 1 aromatic rings. The summed E-state index contributed by atoms with van der Waals surface area (Å²) in [6.45, 7) is 2.13. The molecule has 0 aromatic carbocycles. The van der Waals surface area contributed by atoms with Crippen LogP contribution in [0, 0.1) is 0 Å². The number of hydrogen-bond donors (Lipinski definition) is 1. The number of hydrogen-bond acceptors (Lipinski definition) is 2. The van der Waals surface area contributed by atoms with Crippen molar-refractivity contribution < 1.29 is 0 Å². The monoisotopic (exact) mass is 127 g/mol. The summed E-state index contributed by atoms with van der Waals surface area (Å²) in [5.41, 5.74) is 5.47. The molecule has 0 saturated heterocycles. The van der Waals surface area contributed by atoms with Crippen LogP contribution in [0.5, 0.6) is 0 Å². The Morgan fingerprint density at radius 2 is 2.38 bits per heavy atom. The summed E-state index contributed by atoms with van der Waals surface area (Å²) in [6, 6.07) is 4.02. The van der Waals surface area contributed by atoms with Crippen LogP contribution in [0.15, 0.2) is 12.1 Å². The molecule has 0 saturated carbocycles. The van der Waals surface area contributed by atoms with Gasteiger partial charge in [-0.3, -0.25) is 0 Å². The molecule has 44 valence electrons.